The molecule has 0 radical (unpaired) electrons. The van der Waals surface area contributed by atoms with E-state index in [2.05, 4.69) is 0 Å². The third-order valence-electron chi connectivity index (χ3n) is 6.27. The first-order valence-corrected chi connectivity index (χ1v) is 12.4. The van der Waals surface area contributed by atoms with E-state index >= 15 is 0 Å². The normalized spacial score (nSPS) is 24.0. The van der Waals surface area contributed by atoms with Crippen LogP contribution in [-0.4, -0.2) is 57.2 Å². The first-order valence-electron chi connectivity index (χ1n) is 10.6. The van der Waals surface area contributed by atoms with Gasteiger partial charge in [-0.2, -0.15) is 0 Å². The van der Waals surface area contributed by atoms with Gasteiger partial charge in [-0.05, 0) is 42.7 Å². The third-order valence-corrected chi connectivity index (χ3v) is 8.60. The number of methoxy groups -OCH3 is 1. The predicted molar refractivity (Wildman–Crippen MR) is 135 cm³/mol. The van der Waals surface area contributed by atoms with Crippen molar-refractivity contribution < 1.29 is 19.4 Å². The Morgan fingerprint density at radius 2 is 2.00 bits per heavy atom. The van der Waals surface area contributed by atoms with E-state index in [-0.39, 0.29) is 23.7 Å². The number of benzene rings is 2. The molecule has 33 heavy (non-hydrogen) atoms. The molecule has 2 saturated heterocycles. The van der Waals surface area contributed by atoms with E-state index in [1.165, 1.54) is 11.8 Å². The van der Waals surface area contributed by atoms with Crippen LogP contribution in [0.5, 0.6) is 5.75 Å². The SMILES string of the molecule is COc1ccc(Cc2ccccc2N(C(C)=S)C2S[C@@H]3CC(=O)N3CC2(CCl)C(=O)O)cc1. The van der Waals surface area contributed by atoms with Gasteiger partial charge in [-0.15, -0.1) is 23.4 Å². The van der Waals surface area contributed by atoms with Crippen LogP contribution >= 0.6 is 35.6 Å². The third kappa shape index (κ3) is 4.32. The van der Waals surface area contributed by atoms with Crippen LogP contribution < -0.4 is 9.64 Å². The lowest BCUT2D eigenvalue weighted by molar-refractivity contribution is -0.155. The number of β-lactam (4-membered cyclic amide) rings is 1. The van der Waals surface area contributed by atoms with Gasteiger partial charge in [0, 0.05) is 18.1 Å². The summed E-state index contributed by atoms with van der Waals surface area (Å²) in [7, 11) is 1.63. The van der Waals surface area contributed by atoms with Crippen molar-refractivity contribution in [3.63, 3.8) is 0 Å². The minimum atomic E-state index is -1.36. The van der Waals surface area contributed by atoms with E-state index in [0.717, 1.165) is 22.6 Å². The molecule has 2 fully saturated rings. The van der Waals surface area contributed by atoms with Crippen molar-refractivity contribution in [2.45, 2.75) is 30.5 Å². The predicted octanol–water partition coefficient (Wildman–Crippen LogP) is 4.38. The number of carboxylic acid groups (broad SMARTS) is 1. The molecule has 6 nitrogen and oxygen atoms in total. The highest BCUT2D eigenvalue weighted by Gasteiger charge is 2.59. The minimum Gasteiger partial charge on any atom is -0.497 e. The van der Waals surface area contributed by atoms with Crippen LogP contribution in [0.3, 0.4) is 0 Å². The van der Waals surface area contributed by atoms with E-state index in [1.54, 1.807) is 18.9 Å². The molecule has 0 bridgehead atoms. The lowest BCUT2D eigenvalue weighted by Crippen LogP contribution is -2.68. The first-order chi connectivity index (χ1) is 15.8. The van der Waals surface area contributed by atoms with Crippen molar-refractivity contribution in [2.75, 3.05) is 24.4 Å². The zero-order valence-corrected chi connectivity index (χ0v) is 20.8. The van der Waals surface area contributed by atoms with Gasteiger partial charge in [0.1, 0.15) is 16.5 Å². The number of thioether (sulfide) groups is 1. The molecule has 0 spiro atoms. The fraction of sp³-hybridized carbons (Fsp3) is 0.375. The number of alkyl halides is 1. The number of carbonyl (C=O) groups excluding carboxylic acids is 1. The van der Waals surface area contributed by atoms with Crippen LogP contribution in [0.15, 0.2) is 48.5 Å². The van der Waals surface area contributed by atoms with Crippen molar-refractivity contribution in [3.05, 3.63) is 59.7 Å². The van der Waals surface area contributed by atoms with E-state index in [4.69, 9.17) is 28.6 Å². The number of carbonyl (C=O) groups is 2. The summed E-state index contributed by atoms with van der Waals surface area (Å²) >= 11 is 13.5. The average molecular weight is 505 g/mol. The van der Waals surface area contributed by atoms with Crippen LogP contribution in [0, 0.1) is 5.41 Å². The number of anilines is 1. The fourth-order valence-corrected chi connectivity index (χ4v) is 6.86. The molecule has 2 unspecified atom stereocenters. The number of hydrogen-bond acceptors (Lipinski definition) is 5. The summed E-state index contributed by atoms with van der Waals surface area (Å²) in [6, 6.07) is 15.7. The molecule has 1 N–H and O–H groups in total. The summed E-state index contributed by atoms with van der Waals surface area (Å²) in [4.78, 5) is 28.8. The van der Waals surface area contributed by atoms with E-state index in [1.807, 2.05) is 53.4 Å². The second kappa shape index (κ2) is 9.52. The molecule has 2 aromatic carbocycles. The van der Waals surface area contributed by atoms with Gasteiger partial charge < -0.3 is 19.6 Å². The van der Waals surface area contributed by atoms with Gasteiger partial charge in [0.05, 0.1) is 23.9 Å². The summed E-state index contributed by atoms with van der Waals surface area (Å²) in [5, 5.41) is 9.68. The second-order valence-corrected chi connectivity index (χ2v) is 10.4. The lowest BCUT2D eigenvalue weighted by Gasteiger charge is -2.55. The number of aliphatic carboxylic acids is 1. The molecule has 2 aliphatic rings. The molecular weight excluding hydrogens is 480 g/mol. The molecular formula is C24H25ClN2O4S2. The molecule has 2 aromatic rings. The molecule has 4 rings (SSSR count). The molecule has 0 aliphatic carbocycles. The van der Waals surface area contributed by atoms with Crippen LogP contribution in [-0.2, 0) is 16.0 Å². The summed E-state index contributed by atoms with van der Waals surface area (Å²) in [5.41, 5.74) is 1.62. The molecule has 1 amide bonds. The maximum atomic E-state index is 12.6. The van der Waals surface area contributed by atoms with Crippen LogP contribution in [0.4, 0.5) is 5.69 Å². The summed E-state index contributed by atoms with van der Waals surface area (Å²) in [6.45, 7) is 1.88. The number of para-hydroxylation sites is 1. The van der Waals surface area contributed by atoms with E-state index in [9.17, 15) is 14.7 Å². The fourth-order valence-electron chi connectivity index (χ4n) is 4.36. The number of nitrogens with zero attached hydrogens (tertiary/aromatic N) is 2. The number of carboxylic acids is 1. The van der Waals surface area contributed by atoms with Gasteiger partial charge in [-0.25, -0.2) is 0 Å². The Morgan fingerprint density at radius 3 is 2.58 bits per heavy atom. The molecule has 0 saturated carbocycles. The van der Waals surface area contributed by atoms with Crippen molar-refractivity contribution in [2.24, 2.45) is 5.41 Å². The Balaban J connectivity index is 1.74. The van der Waals surface area contributed by atoms with Crippen LogP contribution in [0.1, 0.15) is 24.5 Å². The number of rotatable bonds is 7. The van der Waals surface area contributed by atoms with Gasteiger partial charge in [-0.3, -0.25) is 9.59 Å². The average Bonchev–Trinajstić information content (AvgIpc) is 2.80. The molecule has 0 aromatic heterocycles. The zero-order chi connectivity index (χ0) is 23.8. The largest absolute Gasteiger partial charge is 0.497 e. The van der Waals surface area contributed by atoms with Crippen LogP contribution in [0.25, 0.3) is 0 Å². The summed E-state index contributed by atoms with van der Waals surface area (Å²) < 4.78 is 5.26. The Morgan fingerprint density at radius 1 is 1.30 bits per heavy atom. The van der Waals surface area contributed by atoms with Gasteiger partial charge in [-0.1, -0.05) is 42.5 Å². The van der Waals surface area contributed by atoms with Crippen molar-refractivity contribution in [1.29, 1.82) is 0 Å². The maximum Gasteiger partial charge on any atom is 0.315 e. The van der Waals surface area contributed by atoms with Gasteiger partial charge in [0.2, 0.25) is 5.91 Å². The lowest BCUT2D eigenvalue weighted by atomic mass is 9.86. The number of amides is 1. The Labute approximate surface area is 207 Å². The number of thiocarbonyl (C=S) groups is 1. The first kappa shape index (κ1) is 23.9. The molecule has 9 heteroatoms. The number of halogens is 1. The Kier molecular flexibility index (Phi) is 6.88. The van der Waals surface area contributed by atoms with Crippen molar-refractivity contribution in [1.82, 2.24) is 4.90 Å². The molecule has 174 valence electrons. The second-order valence-electron chi connectivity index (χ2n) is 8.31. The van der Waals surface area contributed by atoms with E-state index in [0.29, 0.717) is 17.8 Å². The molecule has 2 heterocycles. The zero-order valence-electron chi connectivity index (χ0n) is 18.4. The molecule has 2 aliphatic heterocycles. The van der Waals surface area contributed by atoms with Crippen LogP contribution in [0.2, 0.25) is 0 Å². The number of hydrogen-bond donors (Lipinski definition) is 1. The highest BCUT2D eigenvalue weighted by atomic mass is 35.5. The maximum absolute atomic E-state index is 12.6. The standard InChI is InChI=1S/C24H25ClN2O4S2/c1-15(32)27(22-24(13-25,23(29)30)14-26-20(28)12-21(26)33-22)19-6-4-3-5-17(19)11-16-7-9-18(31-2)10-8-16/h3-10,21-22H,11-14H2,1-2H3,(H,29,30)/t21-,22?,24?/m1/s1. The van der Waals surface area contributed by atoms with Crippen molar-refractivity contribution >= 4 is 58.1 Å². The quantitative estimate of drug-likeness (QED) is 0.341. The summed E-state index contributed by atoms with van der Waals surface area (Å²) in [6.07, 6.45) is 1.04. The van der Waals surface area contributed by atoms with Gasteiger partial charge >= 0.3 is 5.97 Å². The highest BCUT2D eigenvalue weighted by Crippen LogP contribution is 2.50. The monoisotopic (exact) mass is 504 g/mol. The van der Waals surface area contributed by atoms with Crippen molar-refractivity contribution in [3.8, 4) is 5.75 Å². The molecule has 3 atom stereocenters. The topological polar surface area (TPSA) is 70.1 Å². The van der Waals surface area contributed by atoms with E-state index < -0.39 is 16.8 Å². The van der Waals surface area contributed by atoms with Gasteiger partial charge in [0.25, 0.3) is 0 Å². The Bertz CT molecular complexity index is 1080. The Hall–Kier alpha value is -2.29. The summed E-state index contributed by atoms with van der Waals surface area (Å²) in [5.74, 6) is -0.403. The highest BCUT2D eigenvalue weighted by molar-refractivity contribution is 8.00. The van der Waals surface area contributed by atoms with Gasteiger partial charge in [0.15, 0.2) is 0 Å². The smallest absolute Gasteiger partial charge is 0.315 e. The minimum absolute atomic E-state index is 0.0350. The number of fused-ring (bicyclic) bond motifs is 1. The number of ether oxygens (including phenoxy) is 1.